The van der Waals surface area contributed by atoms with Crippen LogP contribution in [-0.4, -0.2) is 53.5 Å². The Kier molecular flexibility index (Phi) is 14.7. The Hall–Kier alpha value is -1.41. The highest BCUT2D eigenvalue weighted by Crippen LogP contribution is 2.33. The molecule has 0 saturated heterocycles. The normalized spacial score (nSPS) is 13.6. The van der Waals surface area contributed by atoms with Crippen LogP contribution < -0.4 is 0 Å². The molecule has 0 saturated carbocycles. The zero-order valence-electron chi connectivity index (χ0n) is 19.1. The summed E-state index contributed by atoms with van der Waals surface area (Å²) >= 11 is 0. The number of hydrogen-bond acceptors (Lipinski definition) is 5. The summed E-state index contributed by atoms with van der Waals surface area (Å²) in [5.74, 6) is -4.10. The molecule has 0 aliphatic carbocycles. The van der Waals surface area contributed by atoms with Crippen LogP contribution in [-0.2, 0) is 19.1 Å². The van der Waals surface area contributed by atoms with Gasteiger partial charge in [0.1, 0.15) is 0 Å². The van der Waals surface area contributed by atoms with Crippen LogP contribution >= 0.6 is 0 Å². The first-order valence-electron chi connectivity index (χ1n) is 11.5. The van der Waals surface area contributed by atoms with Gasteiger partial charge in [-0.05, 0) is 6.42 Å². The van der Waals surface area contributed by atoms with Crippen molar-refractivity contribution in [2.45, 2.75) is 115 Å². The highest BCUT2D eigenvalue weighted by molar-refractivity contribution is 6.79. The fourth-order valence-corrected chi connectivity index (χ4v) is 9.76. The van der Waals surface area contributed by atoms with Gasteiger partial charge in [-0.3, -0.25) is 9.59 Å². The summed E-state index contributed by atoms with van der Waals surface area (Å²) in [5, 5.41) is 27.7. The number of esters is 1. The first-order valence-corrected chi connectivity index (χ1v) is 14.3. The van der Waals surface area contributed by atoms with Crippen LogP contribution in [0.15, 0.2) is 0 Å². The predicted molar refractivity (Wildman–Crippen MR) is 119 cm³/mol. The van der Waals surface area contributed by atoms with E-state index in [0.29, 0.717) is 6.42 Å². The number of ether oxygens (including phenoxy) is 1. The summed E-state index contributed by atoms with van der Waals surface area (Å²) in [6.07, 6.45) is 7.28. The van der Waals surface area contributed by atoms with E-state index in [1.54, 1.807) is 0 Å². The van der Waals surface area contributed by atoms with Crippen molar-refractivity contribution < 1.29 is 34.4 Å². The minimum absolute atomic E-state index is 0.168. The average Bonchev–Trinajstić information content (AvgIpc) is 2.67. The van der Waals surface area contributed by atoms with Crippen LogP contribution in [0.25, 0.3) is 0 Å². The highest BCUT2D eigenvalue weighted by Gasteiger charge is 2.41. The molecule has 0 bridgehead atoms. The monoisotopic (exact) mass is 446 g/mol. The number of rotatable bonds is 19. The fraction of sp³-hybridized carbons (Fsp3) is 0.864. The maximum atomic E-state index is 11.9. The molecule has 3 N–H and O–H groups in total. The molecule has 0 aliphatic heterocycles. The third kappa shape index (κ3) is 11.7. The number of carboxylic acid groups (broad SMARTS) is 2. The summed E-state index contributed by atoms with van der Waals surface area (Å²) in [4.78, 5) is 33.8. The van der Waals surface area contributed by atoms with Crippen molar-refractivity contribution in [2.75, 3.05) is 6.61 Å². The fourth-order valence-electron chi connectivity index (χ4n) is 3.95. The van der Waals surface area contributed by atoms with Crippen LogP contribution in [0.3, 0.4) is 0 Å². The lowest BCUT2D eigenvalue weighted by Gasteiger charge is -2.32. The van der Waals surface area contributed by atoms with Crippen LogP contribution in [0.5, 0.6) is 0 Å². The lowest BCUT2D eigenvalue weighted by atomic mass is 9.96. The van der Waals surface area contributed by atoms with E-state index >= 15 is 0 Å². The molecule has 7 nitrogen and oxygen atoms in total. The van der Waals surface area contributed by atoms with Gasteiger partial charge in [0.25, 0.3) is 0 Å². The molecule has 0 aromatic rings. The van der Waals surface area contributed by atoms with Gasteiger partial charge < -0.3 is 20.1 Å². The molecule has 0 heterocycles. The van der Waals surface area contributed by atoms with E-state index in [4.69, 9.17) is 14.9 Å². The van der Waals surface area contributed by atoms with Gasteiger partial charge in [0.15, 0.2) is 5.60 Å². The Balaban J connectivity index is 4.61. The summed E-state index contributed by atoms with van der Waals surface area (Å²) in [5.41, 5.74) is -2.63. The first-order chi connectivity index (χ1) is 14.1. The van der Waals surface area contributed by atoms with Crippen LogP contribution in [0, 0.1) is 0 Å². The van der Waals surface area contributed by atoms with Gasteiger partial charge in [0.05, 0.1) is 27.5 Å². The van der Waals surface area contributed by atoms with E-state index in [9.17, 15) is 19.5 Å². The molecule has 30 heavy (non-hydrogen) atoms. The molecule has 1 atom stereocenters. The lowest BCUT2D eigenvalue weighted by molar-refractivity contribution is -0.172. The van der Waals surface area contributed by atoms with E-state index in [1.165, 1.54) is 62.7 Å². The second-order valence-electron chi connectivity index (χ2n) is 8.57. The molecular weight excluding hydrogens is 404 g/mol. The molecular formula is C22H42O7Si. The zero-order chi connectivity index (χ0) is 23.0. The second kappa shape index (κ2) is 15.4. The zero-order valence-corrected chi connectivity index (χ0v) is 20.1. The van der Waals surface area contributed by atoms with Gasteiger partial charge in [0, 0.05) is 0 Å². The number of aliphatic hydroxyl groups is 1. The Morgan fingerprint density at radius 1 is 0.767 bits per heavy atom. The number of hydrogen-bond donors (Lipinski definition) is 3. The second-order valence-corrected chi connectivity index (χ2v) is 13.6. The third-order valence-corrected chi connectivity index (χ3v) is 11.5. The predicted octanol–water partition coefficient (Wildman–Crippen LogP) is 4.84. The summed E-state index contributed by atoms with van der Waals surface area (Å²) in [6.45, 7) is 6.88. The summed E-state index contributed by atoms with van der Waals surface area (Å²) in [6, 6.07) is 5.32. The average molecular weight is 447 g/mol. The maximum absolute atomic E-state index is 11.9. The third-order valence-electron chi connectivity index (χ3n) is 5.83. The van der Waals surface area contributed by atoms with Gasteiger partial charge in [-0.1, -0.05) is 89.9 Å². The van der Waals surface area contributed by atoms with E-state index in [1.807, 2.05) is 0 Å². The lowest BCUT2D eigenvalue weighted by Crippen LogP contribution is -2.43. The minimum Gasteiger partial charge on any atom is -0.481 e. The molecule has 0 aromatic carbocycles. The molecule has 0 aromatic heterocycles. The SMILES string of the molecule is CCCC[Si](CCCC)(CCCC)CCCCOC(=O)CC(O)(CC(=O)O)C(=O)O. The van der Waals surface area contributed by atoms with Crippen molar-refractivity contribution in [1.29, 1.82) is 0 Å². The van der Waals surface area contributed by atoms with Crippen molar-refractivity contribution in [3.8, 4) is 0 Å². The number of carboxylic acids is 2. The Morgan fingerprint density at radius 2 is 1.23 bits per heavy atom. The smallest absolute Gasteiger partial charge is 0.336 e. The van der Waals surface area contributed by atoms with Crippen molar-refractivity contribution in [1.82, 2.24) is 0 Å². The molecule has 0 rings (SSSR count). The largest absolute Gasteiger partial charge is 0.481 e. The molecule has 0 fully saturated rings. The van der Waals surface area contributed by atoms with E-state index in [0.717, 1.165) is 6.42 Å². The molecule has 0 aliphatic rings. The van der Waals surface area contributed by atoms with Gasteiger partial charge in [-0.15, -0.1) is 0 Å². The maximum Gasteiger partial charge on any atom is 0.336 e. The number of carbonyl (C=O) groups is 3. The van der Waals surface area contributed by atoms with Crippen molar-refractivity contribution in [3.05, 3.63) is 0 Å². The molecule has 0 spiro atoms. The standard InChI is InChI=1S/C22H42O7Si/c1-4-7-13-30(14-8-5-2,15-9-6-3)16-11-10-12-29-20(25)18-22(28,21(26)27)17-19(23)24/h28H,4-18H2,1-3H3,(H,23,24)(H,26,27). The number of unbranched alkanes of at least 4 members (excludes halogenated alkanes) is 4. The highest BCUT2D eigenvalue weighted by atomic mass is 28.3. The van der Waals surface area contributed by atoms with E-state index in [2.05, 4.69) is 20.8 Å². The Labute approximate surface area is 182 Å². The Morgan fingerprint density at radius 3 is 1.63 bits per heavy atom. The van der Waals surface area contributed by atoms with Gasteiger partial charge >= 0.3 is 17.9 Å². The van der Waals surface area contributed by atoms with Gasteiger partial charge in [-0.2, -0.15) is 0 Å². The van der Waals surface area contributed by atoms with E-state index < -0.39 is 44.4 Å². The van der Waals surface area contributed by atoms with Gasteiger partial charge in [0.2, 0.25) is 0 Å². The first kappa shape index (κ1) is 28.6. The Bertz CT molecular complexity index is 502. The van der Waals surface area contributed by atoms with Gasteiger partial charge in [-0.25, -0.2) is 4.79 Å². The number of aliphatic carboxylic acids is 2. The topological polar surface area (TPSA) is 121 Å². The van der Waals surface area contributed by atoms with Crippen LogP contribution in [0.4, 0.5) is 0 Å². The minimum atomic E-state index is -2.63. The summed E-state index contributed by atoms with van der Waals surface area (Å²) in [7, 11) is -1.33. The molecule has 0 amide bonds. The van der Waals surface area contributed by atoms with Crippen molar-refractivity contribution in [3.63, 3.8) is 0 Å². The summed E-state index contributed by atoms with van der Waals surface area (Å²) < 4.78 is 5.09. The molecule has 176 valence electrons. The van der Waals surface area contributed by atoms with E-state index in [-0.39, 0.29) is 6.61 Å². The molecule has 1 unspecified atom stereocenters. The van der Waals surface area contributed by atoms with Crippen LogP contribution in [0.2, 0.25) is 24.2 Å². The van der Waals surface area contributed by atoms with Crippen molar-refractivity contribution >= 4 is 26.0 Å². The van der Waals surface area contributed by atoms with Crippen molar-refractivity contribution in [2.24, 2.45) is 0 Å². The molecule has 0 radical (unpaired) electrons. The molecule has 8 heteroatoms. The van der Waals surface area contributed by atoms with Crippen LogP contribution in [0.1, 0.15) is 85.0 Å². The quantitative estimate of drug-likeness (QED) is 0.147. The number of carbonyl (C=O) groups excluding carboxylic acids is 1.